The Bertz CT molecular complexity index is 660. The van der Waals surface area contributed by atoms with Crippen molar-refractivity contribution in [2.45, 2.75) is 37.8 Å². The summed E-state index contributed by atoms with van der Waals surface area (Å²) in [5, 5.41) is 0. The molecule has 4 N–H and O–H groups in total. The molecule has 0 atom stereocenters. The second-order valence-electron chi connectivity index (χ2n) is 5.86. The topological polar surface area (TPSA) is 106 Å². The Morgan fingerprint density at radius 1 is 1.17 bits per heavy atom. The average molecular weight is 315 g/mol. The SMILES string of the molecule is COC(=O)c1ccc(N2C(N)=NC(N)=NC23CCCCC3)cc1. The number of nitrogens with two attached hydrogens (primary N) is 2. The molecular weight excluding hydrogens is 294 g/mol. The molecule has 1 aliphatic carbocycles. The molecule has 0 unspecified atom stereocenters. The lowest BCUT2D eigenvalue weighted by Crippen LogP contribution is -2.58. The highest BCUT2D eigenvalue weighted by Gasteiger charge is 2.42. The van der Waals surface area contributed by atoms with E-state index < -0.39 is 5.66 Å². The maximum atomic E-state index is 11.6. The van der Waals surface area contributed by atoms with Gasteiger partial charge in [0.2, 0.25) is 11.9 Å². The molecule has 23 heavy (non-hydrogen) atoms. The maximum Gasteiger partial charge on any atom is 0.337 e. The Kier molecular flexibility index (Phi) is 3.94. The van der Waals surface area contributed by atoms with E-state index >= 15 is 0 Å². The predicted octanol–water partition coefficient (Wildman–Crippen LogP) is 1.58. The summed E-state index contributed by atoms with van der Waals surface area (Å²) < 4.78 is 4.73. The standard InChI is InChI=1S/C16H21N5O2/c1-23-13(22)11-5-7-12(8-6-11)21-15(18)19-14(17)20-16(21)9-3-2-4-10-16/h5-8H,2-4,9-10H2,1H3,(H4,17,18,19,20). The highest BCUT2D eigenvalue weighted by atomic mass is 16.5. The number of anilines is 1. The monoisotopic (exact) mass is 315 g/mol. The molecule has 1 heterocycles. The molecule has 7 nitrogen and oxygen atoms in total. The number of benzene rings is 1. The van der Waals surface area contributed by atoms with Crippen LogP contribution in [-0.2, 0) is 4.74 Å². The minimum Gasteiger partial charge on any atom is -0.465 e. The van der Waals surface area contributed by atoms with Gasteiger partial charge in [0.1, 0.15) is 5.66 Å². The number of carbonyl (C=O) groups excluding carboxylic acids is 1. The summed E-state index contributed by atoms with van der Waals surface area (Å²) in [5.74, 6) is 0.198. The van der Waals surface area contributed by atoms with Crippen molar-refractivity contribution in [3.8, 4) is 0 Å². The molecule has 0 saturated heterocycles. The van der Waals surface area contributed by atoms with E-state index in [2.05, 4.69) is 9.98 Å². The first-order valence-electron chi connectivity index (χ1n) is 7.74. The van der Waals surface area contributed by atoms with E-state index in [4.69, 9.17) is 16.2 Å². The van der Waals surface area contributed by atoms with Crippen molar-refractivity contribution in [2.75, 3.05) is 12.0 Å². The highest BCUT2D eigenvalue weighted by Crippen LogP contribution is 2.39. The zero-order valence-electron chi connectivity index (χ0n) is 13.2. The second kappa shape index (κ2) is 5.91. The van der Waals surface area contributed by atoms with Gasteiger partial charge < -0.3 is 16.2 Å². The molecule has 1 saturated carbocycles. The van der Waals surface area contributed by atoms with Crippen LogP contribution in [0.3, 0.4) is 0 Å². The summed E-state index contributed by atoms with van der Waals surface area (Å²) in [7, 11) is 1.36. The molecule has 7 heteroatoms. The number of hydrogen-bond acceptors (Lipinski definition) is 7. The maximum absolute atomic E-state index is 11.6. The third-order valence-electron chi connectivity index (χ3n) is 4.40. The van der Waals surface area contributed by atoms with Crippen LogP contribution in [0.5, 0.6) is 0 Å². The molecule has 1 spiro atoms. The number of rotatable bonds is 2. The molecule has 1 aliphatic heterocycles. The fourth-order valence-electron chi connectivity index (χ4n) is 3.36. The van der Waals surface area contributed by atoms with Crippen LogP contribution in [0.4, 0.5) is 5.69 Å². The normalized spacial score (nSPS) is 20.0. The fourth-order valence-corrected chi connectivity index (χ4v) is 3.36. The molecule has 122 valence electrons. The van der Waals surface area contributed by atoms with Gasteiger partial charge in [-0.3, -0.25) is 4.90 Å². The van der Waals surface area contributed by atoms with Gasteiger partial charge in [0.05, 0.1) is 12.7 Å². The Morgan fingerprint density at radius 2 is 1.83 bits per heavy atom. The Labute approximate surface area is 135 Å². The lowest BCUT2D eigenvalue weighted by molar-refractivity contribution is 0.0601. The number of aliphatic imine (C=N–C) groups is 2. The van der Waals surface area contributed by atoms with Crippen molar-refractivity contribution >= 4 is 23.6 Å². The number of guanidine groups is 2. The van der Waals surface area contributed by atoms with E-state index in [1.165, 1.54) is 13.5 Å². The van der Waals surface area contributed by atoms with Crippen molar-refractivity contribution < 1.29 is 9.53 Å². The third-order valence-corrected chi connectivity index (χ3v) is 4.40. The Hall–Kier alpha value is -2.57. The minimum absolute atomic E-state index is 0.229. The number of methoxy groups -OCH3 is 1. The van der Waals surface area contributed by atoms with Crippen molar-refractivity contribution in [1.29, 1.82) is 0 Å². The van der Waals surface area contributed by atoms with Crippen LogP contribution in [-0.4, -0.2) is 30.7 Å². The molecule has 2 aliphatic rings. The quantitative estimate of drug-likeness (QED) is 0.806. The van der Waals surface area contributed by atoms with Crippen LogP contribution in [0.1, 0.15) is 42.5 Å². The lowest BCUT2D eigenvalue weighted by atomic mass is 9.87. The van der Waals surface area contributed by atoms with Gasteiger partial charge in [-0.1, -0.05) is 6.42 Å². The summed E-state index contributed by atoms with van der Waals surface area (Å²) in [6.45, 7) is 0. The van der Waals surface area contributed by atoms with Gasteiger partial charge in [-0.15, -0.1) is 0 Å². The molecule has 1 fully saturated rings. The van der Waals surface area contributed by atoms with Crippen LogP contribution in [0.2, 0.25) is 0 Å². The van der Waals surface area contributed by atoms with Gasteiger partial charge in [0.15, 0.2) is 0 Å². The molecule has 0 amide bonds. The van der Waals surface area contributed by atoms with E-state index in [1.807, 2.05) is 17.0 Å². The molecule has 0 radical (unpaired) electrons. The number of ether oxygens (including phenoxy) is 1. The lowest BCUT2D eigenvalue weighted by Gasteiger charge is -2.45. The van der Waals surface area contributed by atoms with Crippen molar-refractivity contribution in [1.82, 2.24) is 0 Å². The first-order valence-corrected chi connectivity index (χ1v) is 7.74. The first-order chi connectivity index (χ1) is 11.1. The van der Waals surface area contributed by atoms with Gasteiger partial charge >= 0.3 is 5.97 Å². The largest absolute Gasteiger partial charge is 0.465 e. The van der Waals surface area contributed by atoms with Crippen molar-refractivity contribution in [3.05, 3.63) is 29.8 Å². The fraction of sp³-hybridized carbons (Fsp3) is 0.438. The predicted molar refractivity (Wildman–Crippen MR) is 89.3 cm³/mol. The zero-order chi connectivity index (χ0) is 16.4. The Balaban J connectivity index is 1.98. The summed E-state index contributed by atoms with van der Waals surface area (Å²) >= 11 is 0. The zero-order valence-corrected chi connectivity index (χ0v) is 13.2. The van der Waals surface area contributed by atoms with Crippen molar-refractivity contribution in [2.24, 2.45) is 21.5 Å². The van der Waals surface area contributed by atoms with E-state index in [0.29, 0.717) is 11.5 Å². The molecular formula is C16H21N5O2. The first kappa shape index (κ1) is 15.3. The minimum atomic E-state index is -0.471. The summed E-state index contributed by atoms with van der Waals surface area (Å²) in [6.07, 6.45) is 5.08. The van der Waals surface area contributed by atoms with Crippen molar-refractivity contribution in [3.63, 3.8) is 0 Å². The number of carbonyl (C=O) groups is 1. The van der Waals surface area contributed by atoms with E-state index in [-0.39, 0.29) is 11.9 Å². The molecule has 0 bridgehead atoms. The summed E-state index contributed by atoms with van der Waals surface area (Å²) in [6, 6.07) is 7.10. The van der Waals surface area contributed by atoms with E-state index in [0.717, 1.165) is 31.4 Å². The van der Waals surface area contributed by atoms with Gasteiger partial charge in [-0.05, 0) is 49.9 Å². The summed E-state index contributed by atoms with van der Waals surface area (Å²) in [5.41, 5.74) is 12.9. The second-order valence-corrected chi connectivity index (χ2v) is 5.86. The van der Waals surface area contributed by atoms with E-state index in [1.54, 1.807) is 12.1 Å². The van der Waals surface area contributed by atoms with Gasteiger partial charge in [-0.2, -0.15) is 4.99 Å². The van der Waals surface area contributed by atoms with Gasteiger partial charge in [0.25, 0.3) is 0 Å². The number of nitrogens with zero attached hydrogens (tertiary/aromatic N) is 3. The van der Waals surface area contributed by atoms with Gasteiger partial charge in [0, 0.05) is 5.69 Å². The van der Waals surface area contributed by atoms with Crippen LogP contribution >= 0.6 is 0 Å². The smallest absolute Gasteiger partial charge is 0.337 e. The molecule has 3 rings (SSSR count). The van der Waals surface area contributed by atoms with Gasteiger partial charge in [-0.25, -0.2) is 9.79 Å². The number of hydrogen-bond donors (Lipinski definition) is 2. The van der Waals surface area contributed by atoms with Crippen LogP contribution < -0.4 is 16.4 Å². The summed E-state index contributed by atoms with van der Waals surface area (Å²) in [4.78, 5) is 22.3. The average Bonchev–Trinajstić information content (AvgIpc) is 2.54. The third kappa shape index (κ3) is 2.74. The Morgan fingerprint density at radius 3 is 2.43 bits per heavy atom. The number of esters is 1. The molecule has 1 aromatic carbocycles. The van der Waals surface area contributed by atoms with Crippen LogP contribution in [0, 0.1) is 0 Å². The van der Waals surface area contributed by atoms with Crippen LogP contribution in [0.25, 0.3) is 0 Å². The van der Waals surface area contributed by atoms with Crippen LogP contribution in [0.15, 0.2) is 34.3 Å². The highest BCUT2D eigenvalue weighted by molar-refractivity contribution is 6.05. The molecule has 1 aromatic rings. The molecule has 0 aromatic heterocycles. The van der Waals surface area contributed by atoms with E-state index in [9.17, 15) is 4.79 Å².